The summed E-state index contributed by atoms with van der Waals surface area (Å²) in [5, 5.41) is 5.45. The molecule has 2 saturated heterocycles. The number of aromatic nitrogens is 2. The number of fused-ring (bicyclic) bond motifs is 2. The van der Waals surface area contributed by atoms with E-state index < -0.39 is 0 Å². The quantitative estimate of drug-likeness (QED) is 0.179. The molecule has 0 spiro atoms. The molecule has 6 heteroatoms. The predicted molar refractivity (Wildman–Crippen MR) is 205 cm³/mol. The van der Waals surface area contributed by atoms with E-state index in [0.717, 1.165) is 31.6 Å². The SMILES string of the molecule is CC(C)c1ncc(CN2CC(C)N(C3CC3)C(C)C2)c2ccccc12.CCC(C)c1ncc(CN2CCN(C3CC3)CC2)c2ccccc12. The Hall–Kier alpha value is -2.90. The molecule has 4 heterocycles. The minimum Gasteiger partial charge on any atom is -0.298 e. The highest BCUT2D eigenvalue weighted by Gasteiger charge is 2.39. The van der Waals surface area contributed by atoms with Gasteiger partial charge >= 0.3 is 0 Å². The second kappa shape index (κ2) is 15.1. The molecule has 262 valence electrons. The van der Waals surface area contributed by atoms with Gasteiger partial charge in [0.15, 0.2) is 0 Å². The summed E-state index contributed by atoms with van der Waals surface area (Å²) in [4.78, 5) is 20.4. The zero-order valence-corrected chi connectivity index (χ0v) is 31.1. The van der Waals surface area contributed by atoms with Crippen LogP contribution in [0.15, 0.2) is 60.9 Å². The van der Waals surface area contributed by atoms with Crippen molar-refractivity contribution >= 4 is 21.5 Å². The van der Waals surface area contributed by atoms with Gasteiger partial charge in [-0.05, 0) is 79.7 Å². The second-order valence-corrected chi connectivity index (χ2v) is 16.0. The topological polar surface area (TPSA) is 38.7 Å². The molecule has 2 saturated carbocycles. The third-order valence-corrected chi connectivity index (χ3v) is 11.7. The molecule has 2 aromatic heterocycles. The highest BCUT2D eigenvalue weighted by Crippen LogP contribution is 2.34. The molecule has 4 aromatic rings. The van der Waals surface area contributed by atoms with Crippen molar-refractivity contribution < 1.29 is 0 Å². The number of rotatable bonds is 9. The van der Waals surface area contributed by atoms with Gasteiger partial charge in [-0.25, -0.2) is 0 Å². The van der Waals surface area contributed by atoms with Crippen LogP contribution >= 0.6 is 0 Å². The fraction of sp³-hybridized carbons (Fsp3) is 0.581. The standard InChI is InChI=1S/C22H31N3.C21H29N3/c1-15(2)22-21-8-6-5-7-20(21)18(11-23-22)14-24-12-16(3)25(17(4)13-24)19-9-10-19;1-3-16(2)21-20-7-5-4-6-19(20)17(14-22-21)15-23-10-12-24(13-11-23)18-8-9-18/h5-8,11,15-17,19H,9-10,12-14H2,1-4H3;4-7,14,16,18H,3,8-13,15H2,1-2H3. The maximum Gasteiger partial charge on any atom is 0.0510 e. The highest BCUT2D eigenvalue weighted by atomic mass is 15.3. The van der Waals surface area contributed by atoms with E-state index in [2.05, 4.69) is 122 Å². The monoisotopic (exact) mass is 660 g/mol. The van der Waals surface area contributed by atoms with Crippen molar-refractivity contribution in [3.8, 4) is 0 Å². The Morgan fingerprint density at radius 3 is 1.63 bits per heavy atom. The average Bonchev–Trinajstić information content (AvgIpc) is 4.04. The Bertz CT molecular complexity index is 1690. The maximum atomic E-state index is 4.86. The first-order chi connectivity index (χ1) is 23.8. The Morgan fingerprint density at radius 1 is 0.633 bits per heavy atom. The van der Waals surface area contributed by atoms with Gasteiger partial charge in [0.2, 0.25) is 0 Å². The van der Waals surface area contributed by atoms with Gasteiger partial charge < -0.3 is 0 Å². The van der Waals surface area contributed by atoms with E-state index in [1.165, 1.54) is 109 Å². The summed E-state index contributed by atoms with van der Waals surface area (Å²) in [5.41, 5.74) is 5.24. The van der Waals surface area contributed by atoms with Gasteiger partial charge in [0, 0.05) is 99.7 Å². The Balaban J connectivity index is 0.000000154. The molecule has 0 bridgehead atoms. The summed E-state index contributed by atoms with van der Waals surface area (Å²) in [6.45, 7) is 23.0. The lowest BCUT2D eigenvalue weighted by atomic mass is 9.96. The van der Waals surface area contributed by atoms with Gasteiger partial charge in [-0.1, -0.05) is 76.2 Å². The first kappa shape index (κ1) is 34.5. The lowest BCUT2D eigenvalue weighted by Crippen LogP contribution is -2.57. The van der Waals surface area contributed by atoms with Crippen LogP contribution in [-0.2, 0) is 13.1 Å². The maximum absolute atomic E-state index is 4.86. The van der Waals surface area contributed by atoms with Crippen LogP contribution in [0.2, 0.25) is 0 Å². The first-order valence-electron chi connectivity index (χ1n) is 19.5. The van der Waals surface area contributed by atoms with E-state index in [9.17, 15) is 0 Å². The number of nitrogens with zero attached hydrogens (tertiary/aromatic N) is 6. The van der Waals surface area contributed by atoms with Crippen molar-refractivity contribution in [2.45, 2.75) is 123 Å². The van der Waals surface area contributed by atoms with E-state index in [4.69, 9.17) is 9.97 Å². The van der Waals surface area contributed by atoms with Crippen LogP contribution in [-0.4, -0.2) is 93.0 Å². The lowest BCUT2D eigenvalue weighted by molar-refractivity contribution is 0.0289. The number of hydrogen-bond donors (Lipinski definition) is 0. The minimum atomic E-state index is 0.459. The molecule has 6 nitrogen and oxygen atoms in total. The largest absolute Gasteiger partial charge is 0.298 e. The van der Waals surface area contributed by atoms with Crippen LogP contribution in [0.1, 0.15) is 108 Å². The van der Waals surface area contributed by atoms with Crippen LogP contribution in [0.25, 0.3) is 21.5 Å². The summed E-state index contributed by atoms with van der Waals surface area (Å²) >= 11 is 0. The molecule has 4 aliphatic rings. The van der Waals surface area contributed by atoms with E-state index in [1.54, 1.807) is 0 Å². The molecule has 0 radical (unpaired) electrons. The zero-order chi connectivity index (χ0) is 34.1. The third-order valence-electron chi connectivity index (χ3n) is 11.7. The van der Waals surface area contributed by atoms with Crippen LogP contribution < -0.4 is 0 Å². The summed E-state index contributed by atoms with van der Waals surface area (Å²) < 4.78 is 0. The van der Waals surface area contributed by atoms with E-state index in [0.29, 0.717) is 23.9 Å². The highest BCUT2D eigenvalue weighted by molar-refractivity contribution is 5.88. The van der Waals surface area contributed by atoms with Gasteiger partial charge in [-0.2, -0.15) is 0 Å². The van der Waals surface area contributed by atoms with Gasteiger partial charge in [0.05, 0.1) is 11.4 Å². The van der Waals surface area contributed by atoms with Gasteiger partial charge in [-0.15, -0.1) is 0 Å². The number of hydrogen-bond acceptors (Lipinski definition) is 6. The Labute approximate surface area is 295 Å². The van der Waals surface area contributed by atoms with Crippen molar-refractivity contribution in [1.29, 1.82) is 0 Å². The molecule has 3 unspecified atom stereocenters. The molecule has 3 atom stereocenters. The van der Waals surface area contributed by atoms with Crippen molar-refractivity contribution in [2.75, 3.05) is 39.3 Å². The molecule has 2 aliphatic carbocycles. The van der Waals surface area contributed by atoms with Crippen LogP contribution in [0.4, 0.5) is 0 Å². The Kier molecular flexibility index (Phi) is 10.7. The minimum absolute atomic E-state index is 0.459. The number of piperazine rings is 2. The third kappa shape index (κ3) is 7.88. The summed E-state index contributed by atoms with van der Waals surface area (Å²) in [6.07, 6.45) is 11.0. The van der Waals surface area contributed by atoms with Crippen molar-refractivity contribution in [1.82, 2.24) is 29.6 Å². The smallest absolute Gasteiger partial charge is 0.0510 e. The number of pyridine rings is 2. The molecule has 4 fully saturated rings. The van der Waals surface area contributed by atoms with Crippen molar-refractivity contribution in [2.24, 2.45) is 0 Å². The van der Waals surface area contributed by atoms with Crippen molar-refractivity contribution in [3.63, 3.8) is 0 Å². The zero-order valence-electron chi connectivity index (χ0n) is 31.1. The molecular weight excluding hydrogens is 601 g/mol. The van der Waals surface area contributed by atoms with E-state index in [-0.39, 0.29) is 0 Å². The number of benzene rings is 2. The fourth-order valence-electron chi connectivity index (χ4n) is 8.72. The molecule has 0 N–H and O–H groups in total. The molecule has 8 rings (SSSR count). The lowest BCUT2D eigenvalue weighted by Gasteiger charge is -2.45. The van der Waals surface area contributed by atoms with Crippen LogP contribution in [0, 0.1) is 0 Å². The molecular formula is C43H60N6. The normalized spacial score (nSPS) is 23.6. The summed E-state index contributed by atoms with van der Waals surface area (Å²) in [5.74, 6) is 0.979. The van der Waals surface area contributed by atoms with Gasteiger partial charge in [0.1, 0.15) is 0 Å². The first-order valence-corrected chi connectivity index (χ1v) is 19.5. The predicted octanol–water partition coefficient (Wildman–Crippen LogP) is 8.44. The fourth-order valence-corrected chi connectivity index (χ4v) is 8.72. The molecule has 2 aliphatic heterocycles. The van der Waals surface area contributed by atoms with Crippen LogP contribution in [0.5, 0.6) is 0 Å². The summed E-state index contributed by atoms with van der Waals surface area (Å²) in [7, 11) is 0. The van der Waals surface area contributed by atoms with Gasteiger partial charge in [-0.3, -0.25) is 29.6 Å². The molecule has 0 amide bonds. The van der Waals surface area contributed by atoms with E-state index in [1.807, 2.05) is 0 Å². The molecule has 2 aromatic carbocycles. The van der Waals surface area contributed by atoms with E-state index >= 15 is 0 Å². The second-order valence-electron chi connectivity index (χ2n) is 16.0. The van der Waals surface area contributed by atoms with Crippen molar-refractivity contribution in [3.05, 3.63) is 83.4 Å². The molecule has 49 heavy (non-hydrogen) atoms. The van der Waals surface area contributed by atoms with Crippen LogP contribution in [0.3, 0.4) is 0 Å². The Morgan fingerprint density at radius 2 is 1.12 bits per heavy atom. The van der Waals surface area contributed by atoms with Gasteiger partial charge in [0.25, 0.3) is 0 Å². The average molecular weight is 661 g/mol. The summed E-state index contributed by atoms with van der Waals surface area (Å²) in [6, 6.07) is 20.7.